The van der Waals surface area contributed by atoms with Crippen molar-refractivity contribution in [3.05, 3.63) is 26.6 Å². The summed E-state index contributed by atoms with van der Waals surface area (Å²) in [4.78, 5) is 0. The highest BCUT2D eigenvalue weighted by Gasteiger charge is 1.98. The minimum Gasteiger partial charge on any atom is -0.0688 e. The van der Waals surface area contributed by atoms with Crippen LogP contribution in [0.4, 0.5) is 0 Å². The molecule has 2 radical (unpaired) electrons. The summed E-state index contributed by atoms with van der Waals surface area (Å²) in [5, 5.41) is 0. The van der Waals surface area contributed by atoms with Crippen LogP contribution in [-0.4, -0.2) is 7.85 Å². The van der Waals surface area contributed by atoms with E-state index < -0.39 is 0 Å². The number of rotatable bonds is 0. The van der Waals surface area contributed by atoms with Crippen LogP contribution in [0.25, 0.3) is 0 Å². The molecule has 0 fully saturated rings. The number of benzene rings is 1. The van der Waals surface area contributed by atoms with E-state index in [4.69, 9.17) is 7.85 Å². The molecule has 1 rings (SSSR count). The zero-order valence-corrected chi connectivity index (χ0v) is 8.66. The van der Waals surface area contributed by atoms with Crippen LogP contribution in [0.15, 0.2) is 21.1 Å². The Labute approximate surface area is 78.7 Å². The molecule has 0 aliphatic carbocycles. The molecule has 10 heavy (non-hydrogen) atoms. The Balaban J connectivity index is 3.31. The fourth-order valence-corrected chi connectivity index (χ4v) is 2.13. The Morgan fingerprint density at radius 3 is 2.00 bits per heavy atom. The second-order valence-corrected chi connectivity index (χ2v) is 3.85. The highest BCUT2D eigenvalue weighted by atomic mass is 79.9. The van der Waals surface area contributed by atoms with E-state index in [0.29, 0.717) is 0 Å². The molecule has 1 aromatic rings. The topological polar surface area (TPSA) is 0 Å². The molecule has 0 spiro atoms. The smallest absolute Gasteiger partial charge is 0.0688 e. The molecule has 0 atom stereocenters. The van der Waals surface area contributed by atoms with Gasteiger partial charge in [0.1, 0.15) is 7.85 Å². The maximum absolute atomic E-state index is 5.66. The standard InChI is InChI=1S/C7H5BBr2/c1-4-2-5(9)7(8)6(10)3-4/h2-3H,1H3. The predicted molar refractivity (Wildman–Crippen MR) is 52.0 cm³/mol. The molecule has 0 saturated carbocycles. The van der Waals surface area contributed by atoms with Crippen LogP contribution in [0.1, 0.15) is 5.56 Å². The van der Waals surface area contributed by atoms with Crippen LogP contribution < -0.4 is 5.46 Å². The summed E-state index contributed by atoms with van der Waals surface area (Å²) in [6.45, 7) is 2.02. The van der Waals surface area contributed by atoms with Gasteiger partial charge in [-0.3, -0.25) is 0 Å². The van der Waals surface area contributed by atoms with Crippen molar-refractivity contribution in [2.45, 2.75) is 6.92 Å². The Morgan fingerprint density at radius 1 is 1.20 bits per heavy atom. The minimum absolute atomic E-state index is 0.755. The van der Waals surface area contributed by atoms with E-state index in [1.165, 1.54) is 5.56 Å². The van der Waals surface area contributed by atoms with Crippen molar-refractivity contribution in [3.63, 3.8) is 0 Å². The minimum atomic E-state index is 0.755. The van der Waals surface area contributed by atoms with Gasteiger partial charge in [0.15, 0.2) is 0 Å². The van der Waals surface area contributed by atoms with Crippen LogP contribution >= 0.6 is 31.9 Å². The van der Waals surface area contributed by atoms with Gasteiger partial charge in [0.25, 0.3) is 0 Å². The third-order valence-corrected chi connectivity index (χ3v) is 2.54. The van der Waals surface area contributed by atoms with Crippen LogP contribution in [0.3, 0.4) is 0 Å². The largest absolute Gasteiger partial charge is 0.116 e. The molecule has 0 saturated heterocycles. The van der Waals surface area contributed by atoms with Crippen LogP contribution in [-0.2, 0) is 0 Å². The summed E-state index contributed by atoms with van der Waals surface area (Å²) < 4.78 is 1.89. The Hall–Kier alpha value is 0.245. The van der Waals surface area contributed by atoms with Gasteiger partial charge in [-0.15, -0.1) is 0 Å². The van der Waals surface area contributed by atoms with Crippen LogP contribution in [0, 0.1) is 6.92 Å². The summed E-state index contributed by atoms with van der Waals surface area (Å²) in [5.74, 6) is 0. The Morgan fingerprint density at radius 2 is 1.60 bits per heavy atom. The van der Waals surface area contributed by atoms with Gasteiger partial charge in [-0.1, -0.05) is 37.3 Å². The van der Waals surface area contributed by atoms with E-state index in [-0.39, 0.29) is 0 Å². The molecular weight excluding hydrogens is 255 g/mol. The van der Waals surface area contributed by atoms with E-state index >= 15 is 0 Å². The number of aryl methyl sites for hydroxylation is 1. The molecule has 0 unspecified atom stereocenters. The molecule has 0 aromatic heterocycles. The monoisotopic (exact) mass is 258 g/mol. The quantitative estimate of drug-likeness (QED) is 0.628. The number of hydrogen-bond donors (Lipinski definition) is 0. The normalized spacial score (nSPS) is 9.90. The first-order valence-electron chi connectivity index (χ1n) is 2.82. The average Bonchev–Trinajstić information content (AvgIpc) is 1.82. The van der Waals surface area contributed by atoms with Gasteiger partial charge >= 0.3 is 0 Å². The summed E-state index contributed by atoms with van der Waals surface area (Å²) >= 11 is 6.68. The number of hydrogen-bond acceptors (Lipinski definition) is 0. The van der Waals surface area contributed by atoms with Crippen molar-refractivity contribution in [2.75, 3.05) is 0 Å². The lowest BCUT2D eigenvalue weighted by molar-refractivity contribution is 1.45. The van der Waals surface area contributed by atoms with E-state index in [0.717, 1.165) is 14.4 Å². The molecule has 50 valence electrons. The summed E-state index contributed by atoms with van der Waals surface area (Å²) in [6.07, 6.45) is 0. The molecule has 3 heteroatoms. The zero-order valence-electron chi connectivity index (χ0n) is 5.49. The lowest BCUT2D eigenvalue weighted by Crippen LogP contribution is -2.06. The van der Waals surface area contributed by atoms with Gasteiger partial charge < -0.3 is 0 Å². The van der Waals surface area contributed by atoms with Gasteiger partial charge in [-0.2, -0.15) is 0 Å². The molecule has 0 heterocycles. The van der Waals surface area contributed by atoms with Gasteiger partial charge in [0.2, 0.25) is 0 Å². The van der Waals surface area contributed by atoms with Crippen molar-refractivity contribution in [1.82, 2.24) is 0 Å². The van der Waals surface area contributed by atoms with Crippen molar-refractivity contribution in [3.8, 4) is 0 Å². The molecule has 0 aliphatic heterocycles. The summed E-state index contributed by atoms with van der Waals surface area (Å²) in [5.41, 5.74) is 1.94. The molecule has 1 aromatic carbocycles. The van der Waals surface area contributed by atoms with Gasteiger partial charge in [0.05, 0.1) is 0 Å². The molecular formula is C7H5BBr2. The van der Waals surface area contributed by atoms with Gasteiger partial charge in [-0.25, -0.2) is 0 Å². The predicted octanol–water partition coefficient (Wildman–Crippen LogP) is 2.31. The van der Waals surface area contributed by atoms with Crippen molar-refractivity contribution in [2.24, 2.45) is 0 Å². The van der Waals surface area contributed by atoms with Crippen LogP contribution in [0.5, 0.6) is 0 Å². The second kappa shape index (κ2) is 3.10. The highest BCUT2D eigenvalue weighted by molar-refractivity contribution is 9.11. The first kappa shape index (κ1) is 8.34. The second-order valence-electron chi connectivity index (χ2n) is 2.14. The van der Waals surface area contributed by atoms with Crippen molar-refractivity contribution >= 4 is 45.2 Å². The molecule has 0 amide bonds. The summed E-state index contributed by atoms with van der Waals surface area (Å²) in [7, 11) is 5.66. The Kier molecular flexibility index (Phi) is 2.58. The molecule has 0 N–H and O–H groups in total. The molecule has 0 bridgehead atoms. The average molecular weight is 260 g/mol. The SMILES string of the molecule is [B]c1c(Br)cc(C)cc1Br. The third kappa shape index (κ3) is 1.64. The molecule has 0 aliphatic rings. The van der Waals surface area contributed by atoms with E-state index in [1.54, 1.807) is 0 Å². The lowest BCUT2D eigenvalue weighted by atomic mass is 9.95. The maximum Gasteiger partial charge on any atom is 0.116 e. The zero-order chi connectivity index (χ0) is 7.72. The first-order chi connectivity index (χ1) is 4.61. The first-order valence-corrected chi connectivity index (χ1v) is 4.41. The number of halogens is 2. The highest BCUT2D eigenvalue weighted by Crippen LogP contribution is 2.15. The summed E-state index contributed by atoms with van der Waals surface area (Å²) in [6, 6.07) is 3.97. The fourth-order valence-electron chi connectivity index (χ4n) is 0.711. The van der Waals surface area contributed by atoms with E-state index in [1.807, 2.05) is 19.1 Å². The van der Waals surface area contributed by atoms with Gasteiger partial charge in [0, 0.05) is 8.95 Å². The third-order valence-electron chi connectivity index (χ3n) is 1.22. The van der Waals surface area contributed by atoms with E-state index in [9.17, 15) is 0 Å². The lowest BCUT2D eigenvalue weighted by Gasteiger charge is -2.02. The Bertz CT molecular complexity index is 235. The maximum atomic E-state index is 5.66. The van der Waals surface area contributed by atoms with E-state index in [2.05, 4.69) is 31.9 Å². The van der Waals surface area contributed by atoms with Crippen molar-refractivity contribution in [1.29, 1.82) is 0 Å². The van der Waals surface area contributed by atoms with Gasteiger partial charge in [-0.05, 0) is 24.6 Å². The van der Waals surface area contributed by atoms with Crippen LogP contribution in [0.2, 0.25) is 0 Å². The van der Waals surface area contributed by atoms with Crippen molar-refractivity contribution < 1.29 is 0 Å². The fraction of sp³-hybridized carbons (Fsp3) is 0.143. The molecule has 0 nitrogen and oxygen atoms in total.